The van der Waals surface area contributed by atoms with Crippen LogP contribution < -0.4 is 4.74 Å². The average molecular weight is 245 g/mol. The molecule has 0 aromatic heterocycles. The first-order valence-electron chi connectivity index (χ1n) is 5.21. The van der Waals surface area contributed by atoms with Crippen LogP contribution in [0.2, 0.25) is 0 Å². The lowest BCUT2D eigenvalue weighted by Crippen LogP contribution is -2.05. The van der Waals surface area contributed by atoms with Gasteiger partial charge >= 0.3 is 0 Å². The van der Waals surface area contributed by atoms with Gasteiger partial charge in [-0.25, -0.2) is 0 Å². The van der Waals surface area contributed by atoms with E-state index in [2.05, 4.69) is 0 Å². The molecule has 0 saturated carbocycles. The van der Waals surface area contributed by atoms with Gasteiger partial charge in [-0.3, -0.25) is 0 Å². The summed E-state index contributed by atoms with van der Waals surface area (Å²) in [4.78, 5) is 0. The van der Waals surface area contributed by atoms with Crippen LogP contribution in [0.15, 0.2) is 24.3 Å². The Morgan fingerprint density at radius 2 is 1.94 bits per heavy atom. The fourth-order valence-corrected chi connectivity index (χ4v) is 1.34. The quantitative estimate of drug-likeness (QED) is 0.519. The van der Waals surface area contributed by atoms with Crippen molar-refractivity contribution in [3.8, 4) is 5.75 Å². The third-order valence-electron chi connectivity index (χ3n) is 2.00. The molecule has 0 aliphatic heterocycles. The van der Waals surface area contributed by atoms with Gasteiger partial charge in [-0.15, -0.1) is 11.6 Å². The first kappa shape index (κ1) is 13.3. The molecule has 0 aliphatic carbocycles. The molecule has 0 aliphatic rings. The van der Waals surface area contributed by atoms with Gasteiger partial charge in [-0.1, -0.05) is 12.1 Å². The number of benzene rings is 1. The van der Waals surface area contributed by atoms with Crippen molar-refractivity contribution >= 4 is 11.6 Å². The molecule has 0 atom stereocenters. The van der Waals surface area contributed by atoms with Crippen LogP contribution in [0.5, 0.6) is 5.75 Å². The SMILES string of the molecule is COc1cccc(COCCOCCCl)c1. The molecule has 0 heterocycles. The summed E-state index contributed by atoms with van der Waals surface area (Å²) in [6.45, 7) is 2.30. The number of rotatable bonds is 8. The van der Waals surface area contributed by atoms with Crippen LogP contribution in [0, 0.1) is 0 Å². The Morgan fingerprint density at radius 3 is 2.69 bits per heavy atom. The molecule has 1 rings (SSSR count). The Kier molecular flexibility index (Phi) is 6.97. The van der Waals surface area contributed by atoms with Gasteiger partial charge in [-0.05, 0) is 17.7 Å². The minimum Gasteiger partial charge on any atom is -0.497 e. The molecule has 0 saturated heterocycles. The summed E-state index contributed by atoms with van der Waals surface area (Å²) >= 11 is 5.46. The molecule has 0 fully saturated rings. The Balaban J connectivity index is 2.16. The summed E-state index contributed by atoms with van der Waals surface area (Å²) in [5, 5.41) is 0. The maximum atomic E-state index is 5.46. The van der Waals surface area contributed by atoms with Crippen LogP contribution in [0.4, 0.5) is 0 Å². The van der Waals surface area contributed by atoms with Crippen LogP contribution in [0.25, 0.3) is 0 Å². The van der Waals surface area contributed by atoms with Crippen molar-refractivity contribution in [1.82, 2.24) is 0 Å². The maximum absolute atomic E-state index is 5.46. The molecule has 4 heteroatoms. The Hall–Kier alpha value is -0.770. The smallest absolute Gasteiger partial charge is 0.119 e. The topological polar surface area (TPSA) is 27.7 Å². The predicted octanol–water partition coefficient (Wildman–Crippen LogP) is 2.47. The maximum Gasteiger partial charge on any atom is 0.119 e. The highest BCUT2D eigenvalue weighted by Crippen LogP contribution is 2.12. The first-order chi connectivity index (χ1) is 7.86. The number of alkyl halides is 1. The van der Waals surface area contributed by atoms with Crippen LogP contribution in [-0.4, -0.2) is 32.8 Å². The van der Waals surface area contributed by atoms with Gasteiger partial charge in [0.25, 0.3) is 0 Å². The second kappa shape index (κ2) is 8.39. The van der Waals surface area contributed by atoms with E-state index in [-0.39, 0.29) is 0 Å². The monoisotopic (exact) mass is 244 g/mol. The summed E-state index contributed by atoms with van der Waals surface area (Å²) in [6, 6.07) is 7.82. The highest BCUT2D eigenvalue weighted by atomic mass is 35.5. The Bertz CT molecular complexity index is 291. The third kappa shape index (κ3) is 5.35. The Morgan fingerprint density at radius 1 is 1.12 bits per heavy atom. The van der Waals surface area contributed by atoms with Gasteiger partial charge in [0.05, 0.1) is 33.5 Å². The van der Waals surface area contributed by atoms with Crippen LogP contribution in [-0.2, 0) is 16.1 Å². The molecule has 1 aromatic carbocycles. The van der Waals surface area contributed by atoms with Crippen molar-refractivity contribution in [3.63, 3.8) is 0 Å². The largest absolute Gasteiger partial charge is 0.497 e. The lowest BCUT2D eigenvalue weighted by atomic mass is 10.2. The van der Waals surface area contributed by atoms with E-state index in [4.69, 9.17) is 25.8 Å². The van der Waals surface area contributed by atoms with Crippen molar-refractivity contribution in [2.75, 3.05) is 32.8 Å². The van der Waals surface area contributed by atoms with Gasteiger partial charge in [-0.2, -0.15) is 0 Å². The van der Waals surface area contributed by atoms with Gasteiger partial charge in [0, 0.05) is 5.88 Å². The molecule has 0 amide bonds. The molecular formula is C12H17ClO3. The van der Waals surface area contributed by atoms with E-state index in [1.54, 1.807) is 7.11 Å². The summed E-state index contributed by atoms with van der Waals surface area (Å²) in [5.41, 5.74) is 1.09. The van der Waals surface area contributed by atoms with Crippen LogP contribution in [0.3, 0.4) is 0 Å². The van der Waals surface area contributed by atoms with E-state index in [9.17, 15) is 0 Å². The average Bonchev–Trinajstić information content (AvgIpc) is 2.34. The van der Waals surface area contributed by atoms with E-state index >= 15 is 0 Å². The highest BCUT2D eigenvalue weighted by Gasteiger charge is 1.96. The first-order valence-corrected chi connectivity index (χ1v) is 5.74. The van der Waals surface area contributed by atoms with Crippen molar-refractivity contribution < 1.29 is 14.2 Å². The zero-order chi connectivity index (χ0) is 11.6. The minimum absolute atomic E-state index is 0.524. The summed E-state index contributed by atoms with van der Waals surface area (Å²) in [6.07, 6.45) is 0. The standard InChI is InChI=1S/C12H17ClO3/c1-14-12-4-2-3-11(9-12)10-16-8-7-15-6-5-13/h2-4,9H,5-8,10H2,1H3. The highest BCUT2D eigenvalue weighted by molar-refractivity contribution is 6.17. The second-order valence-corrected chi connectivity index (χ2v) is 3.58. The van der Waals surface area contributed by atoms with Crippen molar-refractivity contribution in [1.29, 1.82) is 0 Å². The number of hydrogen-bond donors (Lipinski definition) is 0. The normalized spacial score (nSPS) is 10.4. The number of halogens is 1. The third-order valence-corrected chi connectivity index (χ3v) is 2.15. The predicted molar refractivity (Wildman–Crippen MR) is 64.2 cm³/mol. The summed E-state index contributed by atoms with van der Waals surface area (Å²) < 4.78 is 15.7. The van der Waals surface area contributed by atoms with Gasteiger partial charge in [0.1, 0.15) is 5.75 Å². The number of ether oxygens (including phenoxy) is 3. The number of methoxy groups -OCH3 is 1. The van der Waals surface area contributed by atoms with Gasteiger partial charge in [0.2, 0.25) is 0 Å². The molecule has 0 bridgehead atoms. The molecule has 0 N–H and O–H groups in total. The van der Waals surface area contributed by atoms with E-state index in [0.717, 1.165) is 11.3 Å². The van der Waals surface area contributed by atoms with E-state index in [1.165, 1.54) is 0 Å². The van der Waals surface area contributed by atoms with Gasteiger partial charge < -0.3 is 14.2 Å². The fraction of sp³-hybridized carbons (Fsp3) is 0.500. The molecule has 0 spiro atoms. The van der Waals surface area contributed by atoms with E-state index in [0.29, 0.717) is 32.3 Å². The molecule has 90 valence electrons. The number of hydrogen-bond acceptors (Lipinski definition) is 3. The molecular weight excluding hydrogens is 228 g/mol. The van der Waals surface area contributed by atoms with Gasteiger partial charge in [0.15, 0.2) is 0 Å². The lowest BCUT2D eigenvalue weighted by molar-refractivity contribution is 0.0459. The summed E-state index contributed by atoms with van der Waals surface area (Å²) in [7, 11) is 1.65. The lowest BCUT2D eigenvalue weighted by Gasteiger charge is -2.06. The molecule has 16 heavy (non-hydrogen) atoms. The zero-order valence-electron chi connectivity index (χ0n) is 9.45. The van der Waals surface area contributed by atoms with Crippen molar-refractivity contribution in [2.24, 2.45) is 0 Å². The zero-order valence-corrected chi connectivity index (χ0v) is 10.2. The van der Waals surface area contributed by atoms with Crippen LogP contribution >= 0.6 is 11.6 Å². The van der Waals surface area contributed by atoms with E-state index in [1.807, 2.05) is 24.3 Å². The minimum atomic E-state index is 0.524. The van der Waals surface area contributed by atoms with Crippen molar-refractivity contribution in [2.45, 2.75) is 6.61 Å². The van der Waals surface area contributed by atoms with Crippen molar-refractivity contribution in [3.05, 3.63) is 29.8 Å². The molecule has 0 unspecified atom stereocenters. The molecule has 1 aromatic rings. The Labute approximate surface area is 101 Å². The molecule has 3 nitrogen and oxygen atoms in total. The van der Waals surface area contributed by atoms with Crippen LogP contribution in [0.1, 0.15) is 5.56 Å². The fourth-order valence-electron chi connectivity index (χ4n) is 1.23. The molecule has 0 radical (unpaired) electrons. The van der Waals surface area contributed by atoms with E-state index < -0.39 is 0 Å². The summed E-state index contributed by atoms with van der Waals surface area (Å²) in [5.74, 6) is 1.37. The second-order valence-electron chi connectivity index (χ2n) is 3.21.